The van der Waals surface area contributed by atoms with Crippen molar-refractivity contribution in [3.05, 3.63) is 69.4 Å². The monoisotopic (exact) mass is 343 g/mol. The van der Waals surface area contributed by atoms with E-state index in [0.717, 1.165) is 5.56 Å². The van der Waals surface area contributed by atoms with E-state index in [0.29, 0.717) is 10.9 Å². The first kappa shape index (κ1) is 15.1. The molecular formula is C15H13BrF3N. The van der Waals surface area contributed by atoms with Gasteiger partial charge in [0.25, 0.3) is 0 Å². The molecule has 0 fully saturated rings. The smallest absolute Gasteiger partial charge is 0.137 e. The van der Waals surface area contributed by atoms with Gasteiger partial charge in [-0.05, 0) is 59.2 Å². The van der Waals surface area contributed by atoms with Crippen LogP contribution in [0.3, 0.4) is 0 Å². The Hall–Kier alpha value is -1.33. The highest BCUT2D eigenvalue weighted by Gasteiger charge is 2.19. The Bertz CT molecular complexity index is 596. The molecule has 2 aromatic rings. The number of hydrogen-bond donors (Lipinski definition) is 1. The lowest BCUT2D eigenvalue weighted by molar-refractivity contribution is 0.489. The van der Waals surface area contributed by atoms with Gasteiger partial charge in [0.1, 0.15) is 17.5 Å². The molecule has 2 rings (SSSR count). The van der Waals surface area contributed by atoms with Crippen LogP contribution < -0.4 is 5.32 Å². The minimum atomic E-state index is -0.592. The topological polar surface area (TPSA) is 12.0 Å². The molecule has 0 amide bonds. The Morgan fingerprint density at radius 2 is 1.70 bits per heavy atom. The Morgan fingerprint density at radius 3 is 2.25 bits per heavy atom. The van der Waals surface area contributed by atoms with Gasteiger partial charge in [0, 0.05) is 11.6 Å². The first-order chi connectivity index (χ1) is 9.52. The fraction of sp³-hybridized carbons (Fsp3) is 0.200. The lowest BCUT2D eigenvalue weighted by atomic mass is 9.98. The average molecular weight is 344 g/mol. The third-order valence-corrected chi connectivity index (χ3v) is 3.73. The van der Waals surface area contributed by atoms with E-state index in [9.17, 15) is 13.2 Å². The number of halogens is 4. The van der Waals surface area contributed by atoms with Crippen LogP contribution in [-0.2, 0) is 6.42 Å². The Labute approximate surface area is 123 Å². The molecule has 1 nitrogen and oxygen atoms in total. The molecule has 0 bridgehead atoms. The summed E-state index contributed by atoms with van der Waals surface area (Å²) in [6.45, 7) is 0. The quantitative estimate of drug-likeness (QED) is 0.869. The molecule has 1 atom stereocenters. The van der Waals surface area contributed by atoms with Crippen LogP contribution in [0.5, 0.6) is 0 Å². The largest absolute Gasteiger partial charge is 0.313 e. The minimum Gasteiger partial charge on any atom is -0.313 e. The predicted octanol–water partition coefficient (Wildman–Crippen LogP) is 4.37. The second-order valence-electron chi connectivity index (χ2n) is 4.43. The van der Waals surface area contributed by atoms with Crippen molar-refractivity contribution in [2.24, 2.45) is 0 Å². The van der Waals surface area contributed by atoms with Crippen molar-refractivity contribution in [2.75, 3.05) is 7.05 Å². The van der Waals surface area contributed by atoms with Crippen molar-refractivity contribution < 1.29 is 13.2 Å². The summed E-state index contributed by atoms with van der Waals surface area (Å²) >= 11 is 3.10. The number of benzene rings is 2. The molecule has 0 saturated heterocycles. The Balaban J connectivity index is 2.31. The summed E-state index contributed by atoms with van der Waals surface area (Å²) in [6, 6.07) is 7.79. The molecule has 0 aliphatic rings. The molecule has 106 valence electrons. The van der Waals surface area contributed by atoms with Gasteiger partial charge in [-0.25, -0.2) is 13.2 Å². The van der Waals surface area contributed by atoms with E-state index in [-0.39, 0.29) is 11.4 Å². The summed E-state index contributed by atoms with van der Waals surface area (Å²) in [5.41, 5.74) is 0.774. The molecular weight excluding hydrogens is 331 g/mol. The highest BCUT2D eigenvalue weighted by molar-refractivity contribution is 9.10. The lowest BCUT2D eigenvalue weighted by Crippen LogP contribution is -2.21. The van der Waals surface area contributed by atoms with Crippen molar-refractivity contribution in [3.63, 3.8) is 0 Å². The van der Waals surface area contributed by atoms with Gasteiger partial charge in [0.2, 0.25) is 0 Å². The maximum atomic E-state index is 13.8. The SMILES string of the molecule is CNC(Cc1ccc(F)c(Br)c1)c1c(F)cccc1F. The van der Waals surface area contributed by atoms with Gasteiger partial charge in [-0.2, -0.15) is 0 Å². The standard InChI is InChI=1S/C15H13BrF3N/c1-20-14(15-12(18)3-2-4-13(15)19)8-9-5-6-11(17)10(16)7-9/h2-7,14,20H,8H2,1H3. The fourth-order valence-electron chi connectivity index (χ4n) is 2.09. The van der Waals surface area contributed by atoms with E-state index < -0.39 is 17.7 Å². The van der Waals surface area contributed by atoms with Crippen LogP contribution in [0.4, 0.5) is 13.2 Å². The zero-order valence-electron chi connectivity index (χ0n) is 10.8. The van der Waals surface area contributed by atoms with E-state index in [4.69, 9.17) is 0 Å². The number of nitrogens with one attached hydrogen (secondary N) is 1. The first-order valence-corrected chi connectivity index (χ1v) is 6.87. The van der Waals surface area contributed by atoms with Crippen molar-refractivity contribution in [1.29, 1.82) is 0 Å². The first-order valence-electron chi connectivity index (χ1n) is 6.08. The van der Waals surface area contributed by atoms with Crippen molar-refractivity contribution in [2.45, 2.75) is 12.5 Å². The molecule has 20 heavy (non-hydrogen) atoms. The third-order valence-electron chi connectivity index (χ3n) is 3.12. The van der Waals surface area contributed by atoms with Crippen LogP contribution in [-0.4, -0.2) is 7.05 Å². The average Bonchev–Trinajstić information content (AvgIpc) is 2.41. The van der Waals surface area contributed by atoms with E-state index in [1.54, 1.807) is 19.2 Å². The van der Waals surface area contributed by atoms with Crippen LogP contribution in [0.2, 0.25) is 0 Å². The van der Waals surface area contributed by atoms with Crippen LogP contribution >= 0.6 is 15.9 Å². The van der Waals surface area contributed by atoms with Crippen molar-refractivity contribution in [1.82, 2.24) is 5.32 Å². The van der Waals surface area contributed by atoms with Crippen LogP contribution in [0.1, 0.15) is 17.2 Å². The van der Waals surface area contributed by atoms with Gasteiger partial charge in [-0.15, -0.1) is 0 Å². The molecule has 0 spiro atoms. The molecule has 0 saturated carbocycles. The highest BCUT2D eigenvalue weighted by Crippen LogP contribution is 2.25. The summed E-state index contributed by atoms with van der Waals surface area (Å²) < 4.78 is 41.1. The zero-order chi connectivity index (χ0) is 14.7. The van der Waals surface area contributed by atoms with Crippen molar-refractivity contribution >= 4 is 15.9 Å². The maximum absolute atomic E-state index is 13.8. The van der Waals surface area contributed by atoms with Gasteiger partial charge in [-0.3, -0.25) is 0 Å². The highest BCUT2D eigenvalue weighted by atomic mass is 79.9. The van der Waals surface area contributed by atoms with E-state index in [2.05, 4.69) is 21.2 Å². The van der Waals surface area contributed by atoms with E-state index in [1.807, 2.05) is 0 Å². The number of likely N-dealkylation sites (N-methyl/N-ethyl adjacent to an activating group) is 1. The molecule has 1 unspecified atom stereocenters. The molecule has 1 N–H and O–H groups in total. The summed E-state index contributed by atoms with van der Waals surface area (Å²) in [4.78, 5) is 0. The normalized spacial score (nSPS) is 12.4. The minimum absolute atomic E-state index is 0.00422. The number of rotatable bonds is 4. The predicted molar refractivity (Wildman–Crippen MR) is 76.0 cm³/mol. The Kier molecular flexibility index (Phi) is 4.83. The van der Waals surface area contributed by atoms with Crippen molar-refractivity contribution in [3.8, 4) is 0 Å². The summed E-state index contributed by atoms with van der Waals surface area (Å²) in [5, 5.41) is 2.89. The molecule has 2 aromatic carbocycles. The third kappa shape index (κ3) is 3.22. The van der Waals surface area contributed by atoms with Gasteiger partial charge in [-0.1, -0.05) is 12.1 Å². The van der Waals surface area contributed by atoms with Crippen LogP contribution in [0, 0.1) is 17.5 Å². The molecule has 0 aliphatic heterocycles. The summed E-state index contributed by atoms with van der Waals surface area (Å²) in [7, 11) is 1.63. The summed E-state index contributed by atoms with van der Waals surface area (Å²) in [5.74, 6) is -1.55. The molecule has 0 heterocycles. The van der Waals surface area contributed by atoms with Gasteiger partial charge < -0.3 is 5.32 Å². The zero-order valence-corrected chi connectivity index (χ0v) is 12.3. The Morgan fingerprint density at radius 1 is 1.05 bits per heavy atom. The van der Waals surface area contributed by atoms with Gasteiger partial charge >= 0.3 is 0 Å². The second-order valence-corrected chi connectivity index (χ2v) is 5.28. The van der Waals surface area contributed by atoms with Crippen LogP contribution in [0.25, 0.3) is 0 Å². The molecule has 0 aromatic heterocycles. The maximum Gasteiger partial charge on any atom is 0.137 e. The van der Waals surface area contributed by atoms with Gasteiger partial charge in [0.15, 0.2) is 0 Å². The molecule has 0 radical (unpaired) electrons. The van der Waals surface area contributed by atoms with E-state index in [1.165, 1.54) is 24.3 Å². The fourth-order valence-corrected chi connectivity index (χ4v) is 2.52. The van der Waals surface area contributed by atoms with E-state index >= 15 is 0 Å². The lowest BCUT2D eigenvalue weighted by Gasteiger charge is -2.18. The molecule has 0 aliphatic carbocycles. The summed E-state index contributed by atoms with van der Waals surface area (Å²) in [6.07, 6.45) is 0.354. The van der Waals surface area contributed by atoms with Gasteiger partial charge in [0.05, 0.1) is 4.47 Å². The second kappa shape index (κ2) is 6.41. The molecule has 5 heteroatoms. The number of hydrogen-bond acceptors (Lipinski definition) is 1. The van der Waals surface area contributed by atoms with Crippen LogP contribution in [0.15, 0.2) is 40.9 Å².